The molecule has 0 amide bonds. The molecule has 18 heavy (non-hydrogen) atoms. The second-order valence-electron chi connectivity index (χ2n) is 5.32. The monoisotopic (exact) mass is 248 g/mol. The molecule has 0 aromatic heterocycles. The van der Waals surface area contributed by atoms with Gasteiger partial charge in [-0.1, -0.05) is 26.2 Å². The Morgan fingerprint density at radius 1 is 1.22 bits per heavy atom. The normalized spacial score (nSPS) is 24.3. The summed E-state index contributed by atoms with van der Waals surface area (Å²) in [5, 5.41) is 3.61. The number of hydrogen-bond acceptors (Lipinski definition) is 3. The molecule has 100 valence electrons. The Kier molecular flexibility index (Phi) is 4.34. The van der Waals surface area contributed by atoms with Crippen molar-refractivity contribution in [3.05, 3.63) is 18.2 Å². The highest BCUT2D eigenvalue weighted by Crippen LogP contribution is 2.29. The first-order valence-electron chi connectivity index (χ1n) is 6.90. The first kappa shape index (κ1) is 13.1. The zero-order valence-corrected chi connectivity index (χ0v) is 11.4. The van der Waals surface area contributed by atoms with Crippen molar-refractivity contribution >= 4 is 11.4 Å². The minimum absolute atomic E-state index is 0.545. The predicted molar refractivity (Wildman–Crippen MR) is 77.1 cm³/mol. The van der Waals surface area contributed by atoms with Crippen LogP contribution in [0.1, 0.15) is 39.0 Å². The van der Waals surface area contributed by atoms with E-state index in [-0.39, 0.29) is 0 Å². The van der Waals surface area contributed by atoms with E-state index in [0.717, 1.165) is 17.1 Å². The van der Waals surface area contributed by atoms with E-state index in [9.17, 15) is 0 Å². The van der Waals surface area contributed by atoms with Crippen molar-refractivity contribution < 1.29 is 4.74 Å². The molecule has 1 aromatic rings. The summed E-state index contributed by atoms with van der Waals surface area (Å²) < 4.78 is 5.17. The predicted octanol–water partition coefficient (Wildman–Crippen LogP) is 3.66. The molecule has 3 nitrogen and oxygen atoms in total. The van der Waals surface area contributed by atoms with Gasteiger partial charge in [0.25, 0.3) is 0 Å². The lowest BCUT2D eigenvalue weighted by atomic mass is 9.96. The maximum Gasteiger partial charge on any atom is 0.121 e. The molecule has 1 saturated carbocycles. The number of benzene rings is 1. The van der Waals surface area contributed by atoms with Gasteiger partial charge in [0.2, 0.25) is 0 Å². The molecule has 0 heterocycles. The standard InChI is InChI=1S/C15H24N2O/c1-11-6-4-3-5-7-14(11)17-15-9-8-12(18-2)10-13(15)16/h8-11,14,17H,3-7,16H2,1-2H3. The molecule has 1 aromatic carbocycles. The summed E-state index contributed by atoms with van der Waals surface area (Å²) in [6, 6.07) is 6.40. The van der Waals surface area contributed by atoms with Gasteiger partial charge < -0.3 is 15.8 Å². The van der Waals surface area contributed by atoms with Gasteiger partial charge in [0.05, 0.1) is 18.5 Å². The summed E-state index contributed by atoms with van der Waals surface area (Å²) in [5.74, 6) is 1.53. The number of methoxy groups -OCH3 is 1. The fourth-order valence-electron chi connectivity index (χ4n) is 2.71. The first-order chi connectivity index (χ1) is 8.70. The van der Waals surface area contributed by atoms with E-state index in [2.05, 4.69) is 12.2 Å². The van der Waals surface area contributed by atoms with Crippen LogP contribution < -0.4 is 15.8 Å². The molecule has 0 radical (unpaired) electrons. The lowest BCUT2D eigenvalue weighted by Gasteiger charge is -2.25. The molecule has 1 aliphatic rings. The Bertz CT molecular complexity index is 392. The molecule has 0 spiro atoms. The van der Waals surface area contributed by atoms with E-state index in [0.29, 0.717) is 12.0 Å². The van der Waals surface area contributed by atoms with Gasteiger partial charge >= 0.3 is 0 Å². The van der Waals surface area contributed by atoms with Crippen molar-refractivity contribution in [2.45, 2.75) is 45.1 Å². The second kappa shape index (κ2) is 5.98. The van der Waals surface area contributed by atoms with Gasteiger partial charge in [0.1, 0.15) is 5.75 Å². The van der Waals surface area contributed by atoms with Crippen LogP contribution in [0.25, 0.3) is 0 Å². The molecule has 0 saturated heterocycles. The van der Waals surface area contributed by atoms with Crippen LogP contribution in [0, 0.1) is 5.92 Å². The molecular weight excluding hydrogens is 224 g/mol. The van der Waals surface area contributed by atoms with Crippen LogP contribution in [-0.4, -0.2) is 13.2 Å². The molecule has 0 bridgehead atoms. The molecule has 1 aliphatic carbocycles. The van der Waals surface area contributed by atoms with E-state index < -0.39 is 0 Å². The van der Waals surface area contributed by atoms with E-state index in [1.54, 1.807) is 7.11 Å². The topological polar surface area (TPSA) is 47.3 Å². The quantitative estimate of drug-likeness (QED) is 0.634. The van der Waals surface area contributed by atoms with Crippen molar-refractivity contribution in [1.29, 1.82) is 0 Å². The van der Waals surface area contributed by atoms with Crippen LogP contribution in [-0.2, 0) is 0 Å². The summed E-state index contributed by atoms with van der Waals surface area (Å²) >= 11 is 0. The molecule has 3 N–H and O–H groups in total. The van der Waals surface area contributed by atoms with Crippen LogP contribution in [0.15, 0.2) is 18.2 Å². The molecule has 2 atom stereocenters. The Morgan fingerprint density at radius 3 is 2.72 bits per heavy atom. The van der Waals surface area contributed by atoms with Gasteiger partial charge in [-0.15, -0.1) is 0 Å². The van der Waals surface area contributed by atoms with Gasteiger partial charge in [-0.25, -0.2) is 0 Å². The maximum absolute atomic E-state index is 6.06. The largest absolute Gasteiger partial charge is 0.497 e. The maximum atomic E-state index is 6.06. The molecule has 0 aliphatic heterocycles. The fraction of sp³-hybridized carbons (Fsp3) is 0.600. The van der Waals surface area contributed by atoms with Gasteiger partial charge in [-0.05, 0) is 30.9 Å². The first-order valence-corrected chi connectivity index (χ1v) is 6.90. The summed E-state index contributed by atoms with van der Waals surface area (Å²) in [5.41, 5.74) is 7.86. The molecular formula is C15H24N2O. The summed E-state index contributed by atoms with van der Waals surface area (Å²) in [4.78, 5) is 0. The molecule has 2 unspecified atom stereocenters. The SMILES string of the molecule is COc1ccc(NC2CCCCCC2C)c(N)c1. The van der Waals surface area contributed by atoms with Crippen LogP contribution >= 0.6 is 0 Å². The number of nitrogens with one attached hydrogen (secondary N) is 1. The van der Waals surface area contributed by atoms with Crippen LogP contribution in [0.3, 0.4) is 0 Å². The fourth-order valence-corrected chi connectivity index (χ4v) is 2.71. The smallest absolute Gasteiger partial charge is 0.121 e. The van der Waals surface area contributed by atoms with Gasteiger partial charge in [0.15, 0.2) is 0 Å². The van der Waals surface area contributed by atoms with Gasteiger partial charge in [-0.3, -0.25) is 0 Å². The van der Waals surface area contributed by atoms with Crippen molar-refractivity contribution in [3.63, 3.8) is 0 Å². The van der Waals surface area contributed by atoms with E-state index >= 15 is 0 Å². The van der Waals surface area contributed by atoms with E-state index in [1.165, 1.54) is 32.1 Å². The number of ether oxygens (including phenoxy) is 1. The van der Waals surface area contributed by atoms with Crippen molar-refractivity contribution in [3.8, 4) is 5.75 Å². The number of nitrogens with two attached hydrogens (primary N) is 1. The Morgan fingerprint density at radius 2 is 2.00 bits per heavy atom. The average molecular weight is 248 g/mol. The van der Waals surface area contributed by atoms with E-state index in [1.807, 2.05) is 18.2 Å². The Hall–Kier alpha value is -1.38. The lowest BCUT2D eigenvalue weighted by Crippen LogP contribution is -2.26. The van der Waals surface area contributed by atoms with Crippen molar-refractivity contribution in [2.24, 2.45) is 5.92 Å². The second-order valence-corrected chi connectivity index (χ2v) is 5.32. The van der Waals surface area contributed by atoms with Crippen LogP contribution in [0.5, 0.6) is 5.75 Å². The zero-order chi connectivity index (χ0) is 13.0. The van der Waals surface area contributed by atoms with Crippen LogP contribution in [0.2, 0.25) is 0 Å². The van der Waals surface area contributed by atoms with Gasteiger partial charge in [0, 0.05) is 12.1 Å². The van der Waals surface area contributed by atoms with Crippen molar-refractivity contribution in [2.75, 3.05) is 18.2 Å². The number of anilines is 2. The zero-order valence-electron chi connectivity index (χ0n) is 11.4. The third kappa shape index (κ3) is 3.09. The Labute approximate surface area is 110 Å². The molecule has 3 heteroatoms. The Balaban J connectivity index is 2.07. The third-order valence-electron chi connectivity index (χ3n) is 3.96. The number of rotatable bonds is 3. The van der Waals surface area contributed by atoms with Crippen LogP contribution in [0.4, 0.5) is 11.4 Å². The molecule has 2 rings (SSSR count). The minimum atomic E-state index is 0.545. The summed E-state index contributed by atoms with van der Waals surface area (Å²) in [6.45, 7) is 2.34. The summed E-state index contributed by atoms with van der Waals surface area (Å²) in [6.07, 6.45) is 6.59. The van der Waals surface area contributed by atoms with E-state index in [4.69, 9.17) is 10.5 Å². The summed E-state index contributed by atoms with van der Waals surface area (Å²) in [7, 11) is 1.66. The highest BCUT2D eigenvalue weighted by molar-refractivity contribution is 5.68. The number of nitrogen functional groups attached to an aromatic ring is 1. The van der Waals surface area contributed by atoms with Crippen molar-refractivity contribution in [1.82, 2.24) is 0 Å². The third-order valence-corrected chi connectivity index (χ3v) is 3.96. The lowest BCUT2D eigenvalue weighted by molar-refractivity contribution is 0.415. The highest BCUT2D eigenvalue weighted by atomic mass is 16.5. The average Bonchev–Trinajstić information content (AvgIpc) is 2.57. The van der Waals surface area contributed by atoms with Gasteiger partial charge in [-0.2, -0.15) is 0 Å². The number of hydrogen-bond donors (Lipinski definition) is 2. The molecule has 1 fully saturated rings. The highest BCUT2D eigenvalue weighted by Gasteiger charge is 2.20. The minimum Gasteiger partial charge on any atom is -0.497 e.